The first-order chi connectivity index (χ1) is 6.38. The third-order valence-corrected chi connectivity index (χ3v) is 1.71. The van der Waals surface area contributed by atoms with Crippen molar-refractivity contribution in [3.05, 3.63) is 42.0 Å². The fraction of sp³-hybridized carbons (Fsp3) is 0.273. The molecule has 0 amide bonds. The van der Waals surface area contributed by atoms with Crippen LogP contribution in [-0.2, 0) is 6.61 Å². The van der Waals surface area contributed by atoms with Crippen molar-refractivity contribution >= 4 is 0 Å². The zero-order valence-corrected chi connectivity index (χ0v) is 7.73. The summed E-state index contributed by atoms with van der Waals surface area (Å²) in [5, 5.41) is 8.98. The summed E-state index contributed by atoms with van der Waals surface area (Å²) in [7, 11) is 0. The Hall–Kier alpha value is -1.28. The van der Waals surface area contributed by atoms with E-state index in [-0.39, 0.29) is 6.61 Å². The van der Waals surface area contributed by atoms with Crippen LogP contribution in [0.2, 0.25) is 0 Å². The summed E-state index contributed by atoms with van der Waals surface area (Å²) in [6.45, 7) is 2.51. The van der Waals surface area contributed by atoms with Crippen LogP contribution in [0.5, 0.6) is 5.75 Å². The van der Waals surface area contributed by atoms with E-state index in [1.807, 2.05) is 43.3 Å². The van der Waals surface area contributed by atoms with Crippen molar-refractivity contribution in [2.24, 2.45) is 0 Å². The van der Waals surface area contributed by atoms with Crippen molar-refractivity contribution < 1.29 is 9.84 Å². The third kappa shape index (κ3) is 2.92. The van der Waals surface area contributed by atoms with Crippen LogP contribution < -0.4 is 4.74 Å². The lowest BCUT2D eigenvalue weighted by Crippen LogP contribution is -1.97. The molecule has 0 atom stereocenters. The van der Waals surface area contributed by atoms with Gasteiger partial charge in [-0.2, -0.15) is 0 Å². The summed E-state index contributed by atoms with van der Waals surface area (Å²) in [6, 6.07) is 7.48. The van der Waals surface area contributed by atoms with Crippen LogP contribution in [0.3, 0.4) is 0 Å². The van der Waals surface area contributed by atoms with Crippen LogP contribution in [0, 0.1) is 0 Å². The van der Waals surface area contributed by atoms with Gasteiger partial charge in [0.25, 0.3) is 0 Å². The Morgan fingerprint density at radius 3 is 2.85 bits per heavy atom. The number of rotatable bonds is 4. The molecule has 1 N–H and O–H groups in total. The summed E-state index contributed by atoms with van der Waals surface area (Å²) >= 11 is 0. The van der Waals surface area contributed by atoms with E-state index >= 15 is 0 Å². The Bertz CT molecular complexity index is 279. The number of ether oxygens (including phenoxy) is 1. The second kappa shape index (κ2) is 5.38. The molecule has 70 valence electrons. The minimum Gasteiger partial charge on any atom is -0.489 e. The van der Waals surface area contributed by atoms with E-state index in [1.165, 1.54) is 0 Å². The number of hydrogen-bond acceptors (Lipinski definition) is 2. The van der Waals surface area contributed by atoms with E-state index < -0.39 is 0 Å². The summed E-state index contributed by atoms with van der Waals surface area (Å²) in [6.07, 6.45) is 3.86. The topological polar surface area (TPSA) is 29.5 Å². The van der Waals surface area contributed by atoms with Crippen LogP contribution in [-0.4, -0.2) is 11.7 Å². The molecule has 0 unspecified atom stereocenters. The maximum Gasteiger partial charge on any atom is 0.125 e. The van der Waals surface area contributed by atoms with Crippen LogP contribution in [0.1, 0.15) is 12.5 Å². The van der Waals surface area contributed by atoms with Gasteiger partial charge in [0, 0.05) is 5.56 Å². The Labute approximate surface area is 78.5 Å². The second-order valence-corrected chi connectivity index (χ2v) is 2.65. The van der Waals surface area contributed by atoms with Crippen LogP contribution in [0.15, 0.2) is 36.4 Å². The molecule has 2 nitrogen and oxygen atoms in total. The number of benzene rings is 1. The van der Waals surface area contributed by atoms with Gasteiger partial charge in [0.05, 0.1) is 6.61 Å². The molecule has 0 saturated heterocycles. The predicted molar refractivity (Wildman–Crippen MR) is 52.7 cm³/mol. The molecule has 0 spiro atoms. The van der Waals surface area contributed by atoms with Crippen molar-refractivity contribution in [3.63, 3.8) is 0 Å². The minimum atomic E-state index is 0.0199. The molecule has 0 aliphatic rings. The molecule has 1 aromatic rings. The normalized spacial score (nSPS) is 10.6. The molecule has 1 aromatic carbocycles. The van der Waals surface area contributed by atoms with Gasteiger partial charge >= 0.3 is 0 Å². The predicted octanol–water partition coefficient (Wildman–Crippen LogP) is 2.13. The highest BCUT2D eigenvalue weighted by Crippen LogP contribution is 2.17. The first-order valence-corrected chi connectivity index (χ1v) is 4.31. The van der Waals surface area contributed by atoms with E-state index in [9.17, 15) is 0 Å². The van der Waals surface area contributed by atoms with E-state index in [0.717, 1.165) is 11.3 Å². The lowest BCUT2D eigenvalue weighted by Gasteiger charge is -2.06. The van der Waals surface area contributed by atoms with Crippen LogP contribution in [0.25, 0.3) is 0 Å². The second-order valence-electron chi connectivity index (χ2n) is 2.65. The van der Waals surface area contributed by atoms with Gasteiger partial charge in [-0.1, -0.05) is 30.4 Å². The van der Waals surface area contributed by atoms with Crippen molar-refractivity contribution in [1.29, 1.82) is 0 Å². The largest absolute Gasteiger partial charge is 0.489 e. The fourth-order valence-electron chi connectivity index (χ4n) is 1.01. The first kappa shape index (κ1) is 9.81. The monoisotopic (exact) mass is 178 g/mol. The Morgan fingerprint density at radius 1 is 1.38 bits per heavy atom. The molecule has 0 bridgehead atoms. The van der Waals surface area contributed by atoms with Gasteiger partial charge in [-0.3, -0.25) is 0 Å². The highest BCUT2D eigenvalue weighted by Gasteiger charge is 1.98. The van der Waals surface area contributed by atoms with E-state index in [0.29, 0.717) is 6.61 Å². The van der Waals surface area contributed by atoms with Crippen LogP contribution in [0.4, 0.5) is 0 Å². The van der Waals surface area contributed by atoms with Crippen molar-refractivity contribution in [1.82, 2.24) is 0 Å². The standard InChI is InChI=1S/C11H14O2/c1-2-3-8-13-11-7-5-4-6-10(11)9-12/h2-7,12H,8-9H2,1H3/b3-2+. The van der Waals surface area contributed by atoms with Crippen LogP contribution >= 0.6 is 0 Å². The Morgan fingerprint density at radius 2 is 2.15 bits per heavy atom. The lowest BCUT2D eigenvalue weighted by atomic mass is 10.2. The highest BCUT2D eigenvalue weighted by atomic mass is 16.5. The van der Waals surface area contributed by atoms with E-state index in [4.69, 9.17) is 9.84 Å². The molecular formula is C11H14O2. The zero-order chi connectivity index (χ0) is 9.52. The fourth-order valence-corrected chi connectivity index (χ4v) is 1.01. The molecule has 0 heterocycles. The summed E-state index contributed by atoms with van der Waals surface area (Å²) in [4.78, 5) is 0. The van der Waals surface area contributed by atoms with Crippen molar-refractivity contribution in [3.8, 4) is 5.75 Å². The number of aliphatic hydroxyl groups is 1. The smallest absolute Gasteiger partial charge is 0.125 e. The molecule has 0 radical (unpaired) electrons. The average Bonchev–Trinajstić information content (AvgIpc) is 2.19. The van der Waals surface area contributed by atoms with Gasteiger partial charge in [-0.15, -0.1) is 0 Å². The number of allylic oxidation sites excluding steroid dienone is 1. The van der Waals surface area contributed by atoms with Gasteiger partial charge in [0.1, 0.15) is 12.4 Å². The molecular weight excluding hydrogens is 164 g/mol. The molecule has 13 heavy (non-hydrogen) atoms. The lowest BCUT2D eigenvalue weighted by molar-refractivity contribution is 0.270. The quantitative estimate of drug-likeness (QED) is 0.716. The summed E-state index contributed by atoms with van der Waals surface area (Å²) < 4.78 is 5.42. The van der Waals surface area contributed by atoms with Gasteiger partial charge in [0.15, 0.2) is 0 Å². The van der Waals surface area contributed by atoms with Crippen molar-refractivity contribution in [2.45, 2.75) is 13.5 Å². The summed E-state index contributed by atoms with van der Waals surface area (Å²) in [5.74, 6) is 0.753. The third-order valence-electron chi connectivity index (χ3n) is 1.71. The average molecular weight is 178 g/mol. The Balaban J connectivity index is 2.64. The number of hydrogen-bond donors (Lipinski definition) is 1. The van der Waals surface area contributed by atoms with Crippen molar-refractivity contribution in [2.75, 3.05) is 6.61 Å². The number of para-hydroxylation sites is 1. The molecule has 0 aromatic heterocycles. The molecule has 0 saturated carbocycles. The molecule has 2 heteroatoms. The van der Waals surface area contributed by atoms with E-state index in [2.05, 4.69) is 0 Å². The molecule has 0 fully saturated rings. The zero-order valence-electron chi connectivity index (χ0n) is 7.73. The molecule has 0 aliphatic heterocycles. The Kier molecular flexibility index (Phi) is 4.06. The maximum atomic E-state index is 8.98. The van der Waals surface area contributed by atoms with Gasteiger partial charge in [0.2, 0.25) is 0 Å². The minimum absolute atomic E-state index is 0.0199. The first-order valence-electron chi connectivity index (χ1n) is 4.31. The molecule has 1 rings (SSSR count). The summed E-state index contributed by atoms with van der Waals surface area (Å²) in [5.41, 5.74) is 0.826. The van der Waals surface area contributed by atoms with Gasteiger partial charge in [-0.25, -0.2) is 0 Å². The van der Waals surface area contributed by atoms with E-state index in [1.54, 1.807) is 0 Å². The van der Waals surface area contributed by atoms with Gasteiger partial charge < -0.3 is 9.84 Å². The number of aliphatic hydroxyl groups excluding tert-OH is 1. The van der Waals surface area contributed by atoms with Gasteiger partial charge in [-0.05, 0) is 13.0 Å². The maximum absolute atomic E-state index is 8.98. The highest BCUT2D eigenvalue weighted by molar-refractivity contribution is 5.32. The molecule has 0 aliphatic carbocycles. The SMILES string of the molecule is C/C=C/COc1ccccc1CO.